The van der Waals surface area contributed by atoms with Gasteiger partial charge in [0.15, 0.2) is 19.0 Å². The van der Waals surface area contributed by atoms with Crippen LogP contribution in [-0.4, -0.2) is 87.9 Å². The topological polar surface area (TPSA) is 178 Å². The predicted molar refractivity (Wildman–Crippen MR) is 144 cm³/mol. The van der Waals surface area contributed by atoms with E-state index in [2.05, 4.69) is 0 Å². The smallest absolute Gasteiger partial charge is 0.481 e. The van der Waals surface area contributed by atoms with Gasteiger partial charge in [0.2, 0.25) is 0 Å². The number of hydrogen-bond acceptors (Lipinski definition) is 11. The van der Waals surface area contributed by atoms with Gasteiger partial charge in [-0.05, 0) is 45.4 Å². The van der Waals surface area contributed by atoms with E-state index in [4.69, 9.17) is 46.9 Å². The van der Waals surface area contributed by atoms with Gasteiger partial charge in [0.05, 0.1) is 40.9 Å². The monoisotopic (exact) mass is 643 g/mol. The maximum Gasteiger partial charge on any atom is 0.509 e. The highest BCUT2D eigenvalue weighted by Crippen LogP contribution is 2.65. The van der Waals surface area contributed by atoms with E-state index in [0.717, 1.165) is 4.90 Å². The lowest BCUT2D eigenvalue weighted by Crippen LogP contribution is -2.66. The van der Waals surface area contributed by atoms with Gasteiger partial charge in [-0.2, -0.15) is 0 Å². The van der Waals surface area contributed by atoms with Crippen molar-refractivity contribution >= 4 is 59.9 Å². The standard InChI is InChI=1S/C25H31Cl2NO12.ClH/c1-11(2)39-23(34)37-9-28(10-38-24(35)40-12(3)4)25(22(32)33)18-16(17(18)21(30)31)19(29)20(25)36-8-13-5-6-14(26)15(27)7-13;/h5-7,11-12,16-20,29H,8-10H2,1-4H3,(H,30,31)(H,32,33);1H/t16-,17-,18-,19-,20+,25+;/m0./s1. The van der Waals surface area contributed by atoms with Gasteiger partial charge in [0.25, 0.3) is 0 Å². The van der Waals surface area contributed by atoms with Crippen LogP contribution in [0.25, 0.3) is 0 Å². The first-order chi connectivity index (χ1) is 18.7. The third-order valence-corrected chi connectivity index (χ3v) is 7.37. The zero-order chi connectivity index (χ0) is 29.9. The lowest BCUT2D eigenvalue weighted by Gasteiger charge is -2.43. The van der Waals surface area contributed by atoms with Crippen molar-refractivity contribution in [3.63, 3.8) is 0 Å². The van der Waals surface area contributed by atoms with Gasteiger partial charge in [0.1, 0.15) is 6.10 Å². The summed E-state index contributed by atoms with van der Waals surface area (Å²) < 4.78 is 26.0. The number of aliphatic carboxylic acids is 2. The molecule has 0 bridgehead atoms. The average Bonchev–Trinajstić information content (AvgIpc) is 3.53. The molecular weight excluding hydrogens is 613 g/mol. The molecular formula is C25H32Cl3NO12. The highest BCUT2D eigenvalue weighted by atomic mass is 35.5. The SMILES string of the molecule is CC(C)OC(=O)OCN(COC(=O)OC(C)C)[C@]1(C(=O)O)[C@@H]2[C@@H](C(=O)O)[C@@H]2[C@H](O)[C@H]1OCc1ccc(Cl)c(Cl)c1.Cl. The molecule has 0 unspecified atom stereocenters. The predicted octanol–water partition coefficient (Wildman–Crippen LogP) is 3.79. The molecule has 0 aromatic heterocycles. The van der Waals surface area contributed by atoms with Crippen LogP contribution in [0.3, 0.4) is 0 Å². The van der Waals surface area contributed by atoms with Crippen LogP contribution in [0.1, 0.15) is 33.3 Å². The summed E-state index contributed by atoms with van der Waals surface area (Å²) in [6.45, 7) is 4.38. The zero-order valence-electron chi connectivity index (χ0n) is 22.5. The number of hydrogen-bond donors (Lipinski definition) is 3. The van der Waals surface area contributed by atoms with Crippen molar-refractivity contribution in [2.45, 2.75) is 64.3 Å². The van der Waals surface area contributed by atoms with Crippen LogP contribution in [0, 0.1) is 17.8 Å². The number of aliphatic hydroxyl groups is 1. The fourth-order valence-electron chi connectivity index (χ4n) is 5.09. The molecule has 0 heterocycles. The van der Waals surface area contributed by atoms with Gasteiger partial charge < -0.3 is 39.0 Å². The van der Waals surface area contributed by atoms with Gasteiger partial charge in [-0.15, -0.1) is 12.4 Å². The van der Waals surface area contributed by atoms with E-state index in [-0.39, 0.29) is 29.1 Å². The number of aliphatic hydroxyl groups excluding tert-OH is 1. The Bertz CT molecular complexity index is 1110. The van der Waals surface area contributed by atoms with Crippen LogP contribution in [0.2, 0.25) is 10.0 Å². The molecule has 0 aliphatic heterocycles. The summed E-state index contributed by atoms with van der Waals surface area (Å²) in [5, 5.41) is 32.0. The van der Waals surface area contributed by atoms with Crippen LogP contribution in [0.15, 0.2) is 18.2 Å². The Morgan fingerprint density at radius 3 is 1.93 bits per heavy atom. The summed E-state index contributed by atoms with van der Waals surface area (Å²) in [7, 11) is 0. The molecule has 3 N–H and O–H groups in total. The van der Waals surface area contributed by atoms with Crippen LogP contribution < -0.4 is 0 Å². The van der Waals surface area contributed by atoms with E-state index >= 15 is 0 Å². The quantitative estimate of drug-likeness (QED) is 0.221. The number of rotatable bonds is 12. The van der Waals surface area contributed by atoms with Crippen LogP contribution in [0.5, 0.6) is 0 Å². The van der Waals surface area contributed by atoms with E-state index in [1.807, 2.05) is 0 Å². The molecule has 13 nitrogen and oxygen atoms in total. The zero-order valence-corrected chi connectivity index (χ0v) is 24.9. The number of benzene rings is 1. The van der Waals surface area contributed by atoms with Crippen molar-refractivity contribution in [2.24, 2.45) is 17.8 Å². The molecule has 230 valence electrons. The second-order valence-corrected chi connectivity index (χ2v) is 10.8. The molecule has 3 rings (SSSR count). The maximum atomic E-state index is 13.1. The number of ether oxygens (including phenoxy) is 5. The van der Waals surface area contributed by atoms with E-state index in [1.165, 1.54) is 12.1 Å². The number of carbonyl (C=O) groups excluding carboxylic acids is 2. The molecule has 2 fully saturated rings. The Morgan fingerprint density at radius 1 is 0.951 bits per heavy atom. The van der Waals surface area contributed by atoms with E-state index in [0.29, 0.717) is 5.56 Å². The van der Waals surface area contributed by atoms with Crippen LogP contribution in [0.4, 0.5) is 9.59 Å². The summed E-state index contributed by atoms with van der Waals surface area (Å²) in [6.07, 6.45) is -6.55. The largest absolute Gasteiger partial charge is 0.509 e. The molecule has 2 saturated carbocycles. The number of nitrogens with zero attached hydrogens (tertiary/aromatic N) is 1. The normalized spacial score (nSPS) is 26.2. The van der Waals surface area contributed by atoms with Crippen molar-refractivity contribution in [3.8, 4) is 0 Å². The molecule has 0 saturated heterocycles. The molecule has 0 amide bonds. The summed E-state index contributed by atoms with van der Waals surface area (Å²) >= 11 is 12.0. The van der Waals surface area contributed by atoms with Gasteiger partial charge in [-0.25, -0.2) is 14.5 Å². The third-order valence-electron chi connectivity index (χ3n) is 6.63. The summed E-state index contributed by atoms with van der Waals surface area (Å²) in [4.78, 5) is 50.3. The maximum absolute atomic E-state index is 13.1. The van der Waals surface area contributed by atoms with Gasteiger partial charge in [0, 0.05) is 11.8 Å². The molecule has 0 radical (unpaired) electrons. The summed E-state index contributed by atoms with van der Waals surface area (Å²) in [5.41, 5.74) is -1.84. The van der Waals surface area contributed by atoms with Crippen molar-refractivity contribution in [1.82, 2.24) is 4.90 Å². The number of carboxylic acid groups (broad SMARTS) is 2. The van der Waals surface area contributed by atoms with Gasteiger partial charge >= 0.3 is 24.2 Å². The lowest BCUT2D eigenvalue weighted by atomic mass is 9.85. The van der Waals surface area contributed by atoms with Gasteiger partial charge in [-0.1, -0.05) is 29.3 Å². The van der Waals surface area contributed by atoms with Crippen molar-refractivity contribution in [1.29, 1.82) is 0 Å². The number of carboxylic acids is 2. The number of fused-ring (bicyclic) bond motifs is 1. The molecule has 6 atom stereocenters. The lowest BCUT2D eigenvalue weighted by molar-refractivity contribution is -0.193. The van der Waals surface area contributed by atoms with Crippen molar-refractivity contribution in [2.75, 3.05) is 13.5 Å². The molecule has 1 aromatic rings. The Hall–Kier alpha value is -2.55. The highest BCUT2D eigenvalue weighted by molar-refractivity contribution is 6.42. The Kier molecular flexibility index (Phi) is 11.9. The molecule has 0 spiro atoms. The molecule has 1 aromatic carbocycles. The molecule has 2 aliphatic rings. The van der Waals surface area contributed by atoms with Gasteiger partial charge in [-0.3, -0.25) is 9.59 Å². The Morgan fingerprint density at radius 2 is 1.49 bits per heavy atom. The fraction of sp³-hybridized carbons (Fsp3) is 0.600. The minimum atomic E-state index is -2.32. The first-order valence-electron chi connectivity index (χ1n) is 12.3. The van der Waals surface area contributed by atoms with Crippen molar-refractivity contribution in [3.05, 3.63) is 33.8 Å². The second kappa shape index (κ2) is 14.1. The first-order valence-corrected chi connectivity index (χ1v) is 13.1. The second-order valence-electron chi connectivity index (χ2n) is 9.99. The molecule has 41 heavy (non-hydrogen) atoms. The Balaban J connectivity index is 0.00000588. The summed E-state index contributed by atoms with van der Waals surface area (Å²) in [6, 6.07) is 4.57. The minimum absolute atomic E-state index is 0. The van der Waals surface area contributed by atoms with Crippen molar-refractivity contribution < 1.29 is 58.2 Å². The van der Waals surface area contributed by atoms with E-state index in [9.17, 15) is 34.5 Å². The van der Waals surface area contributed by atoms with E-state index in [1.54, 1.807) is 33.8 Å². The van der Waals surface area contributed by atoms with E-state index < -0.39 is 85.4 Å². The first kappa shape index (κ1) is 34.7. The average molecular weight is 645 g/mol. The van der Waals surface area contributed by atoms with Crippen LogP contribution >= 0.6 is 35.6 Å². The number of halogens is 3. The fourth-order valence-corrected chi connectivity index (χ4v) is 5.41. The minimum Gasteiger partial charge on any atom is -0.481 e. The molecule has 2 aliphatic carbocycles. The third kappa shape index (κ3) is 7.46. The highest BCUT2D eigenvalue weighted by Gasteiger charge is 2.81. The summed E-state index contributed by atoms with van der Waals surface area (Å²) in [5.74, 6) is -6.40. The number of carbonyl (C=O) groups is 4. The Labute approximate surface area is 251 Å². The van der Waals surface area contributed by atoms with Crippen LogP contribution in [-0.2, 0) is 39.9 Å². The molecule has 16 heteroatoms.